The number of aromatic nitrogens is 6. The number of pyridine rings is 2. The first kappa shape index (κ1) is 33.9. The van der Waals surface area contributed by atoms with E-state index in [-0.39, 0.29) is 35.5 Å². The standard InChI is InChI=1S/C36H39F2N11O2/c1-21(2)49-22(3)42-34-27(37)15-24(16-29(34)49)33-28(38)19-41-35(45-33)43-30-7-6-26(18-39-30)47-12-9-25(10-13-47)46(4)20-23-5-8-31(40-17-23)48-14-11-32(50)44-36(48)51/h5-8,15-19,21,25H,9-14,20H2,1-4H3,(H,44,50,51)(H,39,41,43,45). The number of amides is 3. The molecule has 0 spiro atoms. The average Bonchev–Trinajstić information content (AvgIpc) is 3.46. The Labute approximate surface area is 293 Å². The third kappa shape index (κ3) is 7.06. The second-order valence-corrected chi connectivity index (χ2v) is 13.3. The summed E-state index contributed by atoms with van der Waals surface area (Å²) in [7, 11) is 2.11. The van der Waals surface area contributed by atoms with Gasteiger partial charge in [0.15, 0.2) is 11.6 Å². The van der Waals surface area contributed by atoms with E-state index < -0.39 is 17.7 Å². The zero-order chi connectivity index (χ0) is 35.8. The van der Waals surface area contributed by atoms with Crippen molar-refractivity contribution in [2.24, 2.45) is 0 Å². The molecule has 15 heteroatoms. The normalized spacial score (nSPS) is 15.7. The Morgan fingerprint density at radius 1 is 0.961 bits per heavy atom. The topological polar surface area (TPSA) is 137 Å². The molecule has 0 aliphatic carbocycles. The van der Waals surface area contributed by atoms with E-state index in [1.165, 1.54) is 11.0 Å². The molecule has 0 bridgehead atoms. The van der Waals surface area contributed by atoms with Gasteiger partial charge in [0, 0.05) is 56.4 Å². The molecule has 2 N–H and O–H groups in total. The highest BCUT2D eigenvalue weighted by Gasteiger charge is 2.26. The van der Waals surface area contributed by atoms with Crippen molar-refractivity contribution in [3.05, 3.63) is 78.0 Å². The molecule has 0 unspecified atom stereocenters. The molecule has 2 fully saturated rings. The molecule has 6 heterocycles. The fraction of sp³-hybridized carbons (Fsp3) is 0.361. The quantitative estimate of drug-likeness (QED) is 0.196. The molecule has 5 aromatic rings. The Balaban J connectivity index is 0.953. The van der Waals surface area contributed by atoms with Crippen LogP contribution in [0.1, 0.15) is 50.5 Å². The van der Waals surface area contributed by atoms with Gasteiger partial charge in [0.25, 0.3) is 0 Å². The molecule has 7 rings (SSSR count). The molecule has 0 atom stereocenters. The fourth-order valence-corrected chi connectivity index (χ4v) is 6.88. The number of nitrogens with one attached hydrogen (secondary N) is 2. The van der Waals surface area contributed by atoms with Crippen LogP contribution in [0.5, 0.6) is 0 Å². The van der Waals surface area contributed by atoms with Gasteiger partial charge in [-0.1, -0.05) is 6.07 Å². The van der Waals surface area contributed by atoms with Crippen LogP contribution in [0.2, 0.25) is 0 Å². The van der Waals surface area contributed by atoms with E-state index >= 15 is 4.39 Å². The second-order valence-electron chi connectivity index (χ2n) is 13.3. The molecule has 4 aromatic heterocycles. The number of imidazole rings is 1. The van der Waals surface area contributed by atoms with Crippen LogP contribution in [0.15, 0.2) is 55.0 Å². The van der Waals surface area contributed by atoms with Gasteiger partial charge in [-0.25, -0.2) is 38.5 Å². The number of aryl methyl sites for hydroxylation is 1. The van der Waals surface area contributed by atoms with Crippen molar-refractivity contribution in [1.29, 1.82) is 0 Å². The van der Waals surface area contributed by atoms with E-state index in [0.717, 1.165) is 49.9 Å². The molecule has 2 aliphatic heterocycles. The maximum absolute atomic E-state index is 15.1. The minimum atomic E-state index is -0.665. The maximum atomic E-state index is 15.1. The van der Waals surface area contributed by atoms with Gasteiger partial charge in [-0.3, -0.25) is 19.9 Å². The van der Waals surface area contributed by atoms with Crippen molar-refractivity contribution in [2.45, 2.75) is 58.7 Å². The molecular formula is C36H39F2N11O2. The van der Waals surface area contributed by atoms with Crippen LogP contribution >= 0.6 is 0 Å². The molecule has 3 amide bonds. The van der Waals surface area contributed by atoms with E-state index in [4.69, 9.17) is 0 Å². The number of anilines is 4. The van der Waals surface area contributed by atoms with E-state index in [9.17, 15) is 14.0 Å². The van der Waals surface area contributed by atoms with Gasteiger partial charge in [-0.2, -0.15) is 0 Å². The monoisotopic (exact) mass is 695 g/mol. The number of nitrogens with zero attached hydrogens (tertiary/aromatic N) is 9. The van der Waals surface area contributed by atoms with E-state index in [2.05, 4.69) is 52.4 Å². The largest absolute Gasteiger partial charge is 0.370 e. The van der Waals surface area contributed by atoms with Crippen LogP contribution < -0.4 is 20.4 Å². The average molecular weight is 696 g/mol. The van der Waals surface area contributed by atoms with Gasteiger partial charge in [-0.05, 0) is 76.6 Å². The first-order chi connectivity index (χ1) is 24.5. The lowest BCUT2D eigenvalue weighted by molar-refractivity contribution is -0.120. The Morgan fingerprint density at radius 3 is 2.45 bits per heavy atom. The molecule has 51 heavy (non-hydrogen) atoms. The molecule has 0 saturated carbocycles. The molecule has 2 saturated heterocycles. The Bertz CT molecular complexity index is 2080. The lowest BCUT2D eigenvalue weighted by Crippen LogP contribution is -2.49. The summed E-state index contributed by atoms with van der Waals surface area (Å²) < 4.78 is 32.0. The zero-order valence-corrected chi connectivity index (χ0v) is 28.9. The molecule has 1 aromatic carbocycles. The highest BCUT2D eigenvalue weighted by atomic mass is 19.1. The summed E-state index contributed by atoms with van der Waals surface area (Å²) in [6.07, 6.45) is 6.85. The summed E-state index contributed by atoms with van der Waals surface area (Å²) in [5.41, 5.74) is 3.12. The first-order valence-corrected chi connectivity index (χ1v) is 17.0. The number of urea groups is 1. The number of imide groups is 1. The lowest BCUT2D eigenvalue weighted by atomic mass is 10.0. The number of rotatable bonds is 9. The number of benzene rings is 1. The number of hydrogen-bond acceptors (Lipinski definition) is 10. The highest BCUT2D eigenvalue weighted by molar-refractivity contribution is 6.05. The summed E-state index contributed by atoms with van der Waals surface area (Å²) in [4.78, 5) is 51.6. The van der Waals surface area contributed by atoms with Gasteiger partial charge in [0.2, 0.25) is 11.9 Å². The predicted octanol–water partition coefficient (Wildman–Crippen LogP) is 5.74. The van der Waals surface area contributed by atoms with Crippen molar-refractivity contribution in [2.75, 3.05) is 41.8 Å². The van der Waals surface area contributed by atoms with E-state index in [1.54, 1.807) is 18.5 Å². The Hall–Kier alpha value is -5.57. The van der Waals surface area contributed by atoms with E-state index in [1.807, 2.05) is 49.6 Å². The Morgan fingerprint density at radius 2 is 1.76 bits per heavy atom. The summed E-state index contributed by atoms with van der Waals surface area (Å²) >= 11 is 0. The second kappa shape index (κ2) is 14.0. The van der Waals surface area contributed by atoms with Gasteiger partial charge >= 0.3 is 6.03 Å². The van der Waals surface area contributed by atoms with Gasteiger partial charge < -0.3 is 14.8 Å². The molecular weight excluding hydrogens is 656 g/mol. The van der Waals surface area contributed by atoms with Crippen LogP contribution in [-0.4, -0.2) is 79.0 Å². The fourth-order valence-electron chi connectivity index (χ4n) is 6.88. The lowest BCUT2D eigenvalue weighted by Gasteiger charge is -2.37. The highest BCUT2D eigenvalue weighted by Crippen LogP contribution is 2.31. The zero-order valence-electron chi connectivity index (χ0n) is 28.9. The number of carbonyl (C=O) groups excluding carboxylic acids is 2. The molecule has 0 radical (unpaired) electrons. The van der Waals surface area contributed by atoms with Crippen molar-refractivity contribution >= 4 is 46.2 Å². The van der Waals surface area contributed by atoms with Crippen molar-refractivity contribution in [1.82, 2.24) is 39.7 Å². The van der Waals surface area contributed by atoms with Gasteiger partial charge in [-0.15, -0.1) is 0 Å². The first-order valence-electron chi connectivity index (χ1n) is 17.0. The SMILES string of the molecule is Cc1nc2c(F)cc(-c3nc(Nc4ccc(N5CCC(N(C)Cc6ccc(N7CCC(=O)NC7=O)nc6)CC5)cn4)ncc3F)cc2n1C(C)C. The predicted molar refractivity (Wildman–Crippen MR) is 190 cm³/mol. The third-order valence-electron chi connectivity index (χ3n) is 9.47. The molecule has 264 valence electrons. The van der Waals surface area contributed by atoms with Crippen molar-refractivity contribution in [3.63, 3.8) is 0 Å². The summed E-state index contributed by atoms with van der Waals surface area (Å²) in [6.45, 7) is 8.57. The third-order valence-corrected chi connectivity index (χ3v) is 9.47. The summed E-state index contributed by atoms with van der Waals surface area (Å²) in [6, 6.07) is 10.6. The minimum Gasteiger partial charge on any atom is -0.370 e. The van der Waals surface area contributed by atoms with Crippen molar-refractivity contribution in [3.8, 4) is 11.3 Å². The summed E-state index contributed by atoms with van der Waals surface area (Å²) in [5, 5.41) is 5.37. The number of fused-ring (bicyclic) bond motifs is 1. The number of hydrogen-bond donors (Lipinski definition) is 2. The maximum Gasteiger partial charge on any atom is 0.329 e. The smallest absolute Gasteiger partial charge is 0.329 e. The minimum absolute atomic E-state index is 0.0228. The van der Waals surface area contributed by atoms with Crippen LogP contribution in [0, 0.1) is 18.6 Å². The van der Waals surface area contributed by atoms with E-state index in [0.29, 0.717) is 41.1 Å². The molecule has 13 nitrogen and oxygen atoms in total. The number of carbonyl (C=O) groups is 2. The van der Waals surface area contributed by atoms with Gasteiger partial charge in [0.05, 0.1) is 23.6 Å². The van der Waals surface area contributed by atoms with Crippen molar-refractivity contribution < 1.29 is 18.4 Å². The summed E-state index contributed by atoms with van der Waals surface area (Å²) in [5.74, 6) is 0.366. The van der Waals surface area contributed by atoms with Gasteiger partial charge in [0.1, 0.15) is 28.7 Å². The Kier molecular flexibility index (Phi) is 9.29. The van der Waals surface area contributed by atoms with Crippen LogP contribution in [0.3, 0.4) is 0 Å². The van der Waals surface area contributed by atoms with Crippen LogP contribution in [0.4, 0.5) is 36.8 Å². The van der Waals surface area contributed by atoms with Crippen LogP contribution in [-0.2, 0) is 11.3 Å². The number of piperidine rings is 1. The number of halogens is 2. The molecule has 2 aliphatic rings. The van der Waals surface area contributed by atoms with Crippen LogP contribution in [0.25, 0.3) is 22.3 Å².